The molecule has 1 aliphatic heterocycles. The molecule has 0 aromatic rings. The van der Waals surface area contributed by atoms with Crippen molar-refractivity contribution < 1.29 is 9.90 Å². The van der Waals surface area contributed by atoms with Crippen LogP contribution in [-0.4, -0.2) is 34.6 Å². The van der Waals surface area contributed by atoms with Gasteiger partial charge in [-0.2, -0.15) is 0 Å². The minimum absolute atomic E-state index is 0.0407. The van der Waals surface area contributed by atoms with Gasteiger partial charge in [-0.15, -0.1) is 0 Å². The van der Waals surface area contributed by atoms with E-state index in [0.29, 0.717) is 6.42 Å². The summed E-state index contributed by atoms with van der Waals surface area (Å²) in [4.78, 5) is 13.9. The summed E-state index contributed by atoms with van der Waals surface area (Å²) in [6.45, 7) is 4.54. The molecule has 2 atom stereocenters. The lowest BCUT2D eigenvalue weighted by molar-refractivity contribution is -0.141. The number of carboxylic acids is 1. The van der Waals surface area contributed by atoms with E-state index in [1.54, 1.807) is 0 Å². The predicted molar refractivity (Wildman–Crippen MR) is 77.3 cm³/mol. The molecule has 2 fully saturated rings. The molecule has 2 unspecified atom stereocenters. The molecule has 0 spiro atoms. The van der Waals surface area contributed by atoms with Crippen molar-refractivity contribution in [3.8, 4) is 0 Å². The SMILES string of the molecule is CC1CCCC(CC(=O)O)(N2CCCCCC2)CC1. The fourth-order valence-corrected chi connectivity index (χ4v) is 4.00. The minimum Gasteiger partial charge on any atom is -0.481 e. The van der Waals surface area contributed by atoms with Crippen LogP contribution in [0.5, 0.6) is 0 Å². The predicted octanol–water partition coefficient (Wildman–Crippen LogP) is 3.68. The van der Waals surface area contributed by atoms with Crippen LogP contribution in [-0.2, 0) is 4.79 Å². The van der Waals surface area contributed by atoms with E-state index in [9.17, 15) is 9.90 Å². The molecule has 19 heavy (non-hydrogen) atoms. The quantitative estimate of drug-likeness (QED) is 0.793. The zero-order valence-electron chi connectivity index (χ0n) is 12.4. The van der Waals surface area contributed by atoms with Crippen LogP contribution in [0, 0.1) is 5.92 Å². The van der Waals surface area contributed by atoms with Gasteiger partial charge < -0.3 is 5.11 Å². The Bertz CT molecular complexity index is 297. The van der Waals surface area contributed by atoms with Crippen LogP contribution in [0.25, 0.3) is 0 Å². The van der Waals surface area contributed by atoms with Gasteiger partial charge in [0.25, 0.3) is 0 Å². The molecule has 1 N–H and O–H groups in total. The van der Waals surface area contributed by atoms with E-state index in [-0.39, 0.29) is 5.54 Å². The number of hydrogen-bond donors (Lipinski definition) is 1. The molecular weight excluding hydrogens is 238 g/mol. The number of carbonyl (C=O) groups is 1. The number of likely N-dealkylation sites (tertiary alicyclic amines) is 1. The van der Waals surface area contributed by atoms with E-state index in [0.717, 1.165) is 31.8 Å². The summed E-state index contributed by atoms with van der Waals surface area (Å²) in [5, 5.41) is 9.36. The number of hydrogen-bond acceptors (Lipinski definition) is 2. The number of aliphatic carboxylic acids is 1. The Kier molecular flexibility index (Phi) is 5.26. The van der Waals surface area contributed by atoms with Crippen molar-refractivity contribution in [3.05, 3.63) is 0 Å². The Morgan fingerprint density at radius 2 is 1.79 bits per heavy atom. The van der Waals surface area contributed by atoms with E-state index in [1.165, 1.54) is 44.9 Å². The van der Waals surface area contributed by atoms with E-state index in [2.05, 4.69) is 11.8 Å². The molecule has 1 heterocycles. The molecule has 0 aromatic carbocycles. The lowest BCUT2D eigenvalue weighted by Gasteiger charge is -2.43. The Morgan fingerprint density at radius 1 is 1.11 bits per heavy atom. The molecule has 2 aliphatic rings. The average Bonchev–Trinajstić information content (AvgIpc) is 2.71. The van der Waals surface area contributed by atoms with Crippen LogP contribution in [0.2, 0.25) is 0 Å². The minimum atomic E-state index is -0.612. The third-order valence-corrected chi connectivity index (χ3v) is 5.20. The van der Waals surface area contributed by atoms with Crippen LogP contribution < -0.4 is 0 Å². The Labute approximate surface area is 117 Å². The molecule has 0 radical (unpaired) electrons. The van der Waals surface area contributed by atoms with E-state index in [4.69, 9.17) is 0 Å². The lowest BCUT2D eigenvalue weighted by atomic mass is 9.84. The maximum Gasteiger partial charge on any atom is 0.305 e. The van der Waals surface area contributed by atoms with Gasteiger partial charge in [0, 0.05) is 5.54 Å². The van der Waals surface area contributed by atoms with Crippen LogP contribution in [0.4, 0.5) is 0 Å². The van der Waals surface area contributed by atoms with E-state index in [1.807, 2.05) is 0 Å². The van der Waals surface area contributed by atoms with Crippen molar-refractivity contribution >= 4 is 5.97 Å². The maximum absolute atomic E-state index is 11.4. The highest BCUT2D eigenvalue weighted by molar-refractivity contribution is 5.68. The van der Waals surface area contributed by atoms with Crippen molar-refractivity contribution in [3.63, 3.8) is 0 Å². The molecule has 1 saturated carbocycles. The first-order valence-electron chi connectivity index (χ1n) is 8.09. The Morgan fingerprint density at radius 3 is 2.42 bits per heavy atom. The molecule has 3 heteroatoms. The average molecular weight is 267 g/mol. The van der Waals surface area contributed by atoms with Crippen molar-refractivity contribution in [2.24, 2.45) is 5.92 Å². The molecule has 2 rings (SSSR count). The molecule has 0 bridgehead atoms. The fraction of sp³-hybridized carbons (Fsp3) is 0.938. The molecule has 1 aliphatic carbocycles. The summed E-state index contributed by atoms with van der Waals surface area (Å²) in [6, 6.07) is 0. The molecule has 0 amide bonds. The van der Waals surface area contributed by atoms with Crippen molar-refractivity contribution in [1.29, 1.82) is 0 Å². The highest BCUT2D eigenvalue weighted by atomic mass is 16.4. The smallest absolute Gasteiger partial charge is 0.305 e. The Balaban J connectivity index is 2.14. The fourth-order valence-electron chi connectivity index (χ4n) is 4.00. The van der Waals surface area contributed by atoms with Crippen molar-refractivity contribution in [1.82, 2.24) is 4.90 Å². The highest BCUT2D eigenvalue weighted by Gasteiger charge is 2.39. The zero-order valence-corrected chi connectivity index (χ0v) is 12.4. The summed E-state index contributed by atoms with van der Waals surface area (Å²) < 4.78 is 0. The van der Waals surface area contributed by atoms with Gasteiger partial charge in [0.05, 0.1) is 6.42 Å². The zero-order chi connectivity index (χ0) is 13.7. The third-order valence-electron chi connectivity index (χ3n) is 5.20. The molecule has 3 nitrogen and oxygen atoms in total. The van der Waals surface area contributed by atoms with Gasteiger partial charge in [-0.1, -0.05) is 32.6 Å². The lowest BCUT2D eigenvalue weighted by Crippen LogP contribution is -2.50. The normalized spacial score (nSPS) is 34.5. The van der Waals surface area contributed by atoms with Gasteiger partial charge in [0.2, 0.25) is 0 Å². The summed E-state index contributed by atoms with van der Waals surface area (Å²) >= 11 is 0. The van der Waals surface area contributed by atoms with E-state index < -0.39 is 5.97 Å². The summed E-state index contributed by atoms with van der Waals surface area (Å²) in [5.41, 5.74) is -0.0407. The summed E-state index contributed by atoms with van der Waals surface area (Å²) in [6.07, 6.45) is 11.3. The van der Waals surface area contributed by atoms with Gasteiger partial charge in [-0.05, 0) is 51.1 Å². The molecule has 1 saturated heterocycles. The topological polar surface area (TPSA) is 40.5 Å². The van der Waals surface area contributed by atoms with Crippen LogP contribution >= 0.6 is 0 Å². The number of nitrogens with zero attached hydrogens (tertiary/aromatic N) is 1. The van der Waals surface area contributed by atoms with Gasteiger partial charge in [0.1, 0.15) is 0 Å². The second-order valence-corrected chi connectivity index (χ2v) is 6.73. The van der Waals surface area contributed by atoms with Gasteiger partial charge in [-0.3, -0.25) is 9.69 Å². The van der Waals surface area contributed by atoms with E-state index >= 15 is 0 Å². The number of carboxylic acid groups (broad SMARTS) is 1. The second kappa shape index (κ2) is 6.74. The first-order chi connectivity index (χ1) is 9.12. The van der Waals surface area contributed by atoms with Crippen LogP contribution in [0.1, 0.15) is 71.1 Å². The number of rotatable bonds is 3. The first kappa shape index (κ1) is 14.8. The van der Waals surface area contributed by atoms with Gasteiger partial charge in [0.15, 0.2) is 0 Å². The Hall–Kier alpha value is -0.570. The largest absolute Gasteiger partial charge is 0.481 e. The van der Waals surface area contributed by atoms with Crippen molar-refractivity contribution in [2.45, 2.75) is 76.7 Å². The monoisotopic (exact) mass is 267 g/mol. The highest BCUT2D eigenvalue weighted by Crippen LogP contribution is 2.38. The molecule has 0 aromatic heterocycles. The maximum atomic E-state index is 11.4. The standard InChI is InChI=1S/C16H29NO2/c1-14-7-6-9-16(10-8-14,13-15(18)19)17-11-4-2-3-5-12-17/h14H,2-13H2,1H3,(H,18,19). The third kappa shape index (κ3) is 3.95. The molecule has 110 valence electrons. The van der Waals surface area contributed by atoms with Gasteiger partial charge >= 0.3 is 5.97 Å². The van der Waals surface area contributed by atoms with Crippen LogP contribution in [0.15, 0.2) is 0 Å². The van der Waals surface area contributed by atoms with Crippen LogP contribution in [0.3, 0.4) is 0 Å². The van der Waals surface area contributed by atoms with Gasteiger partial charge in [-0.25, -0.2) is 0 Å². The van der Waals surface area contributed by atoms with Crippen molar-refractivity contribution in [2.75, 3.05) is 13.1 Å². The molecular formula is C16H29NO2. The first-order valence-corrected chi connectivity index (χ1v) is 8.09. The summed E-state index contributed by atoms with van der Waals surface area (Å²) in [5.74, 6) is 0.154. The second-order valence-electron chi connectivity index (χ2n) is 6.73. The summed E-state index contributed by atoms with van der Waals surface area (Å²) in [7, 11) is 0.